The third kappa shape index (κ3) is 3.69. The van der Waals surface area contributed by atoms with E-state index in [1.807, 2.05) is 11.8 Å². The van der Waals surface area contributed by atoms with Gasteiger partial charge in [-0.15, -0.1) is 11.8 Å². The second kappa shape index (κ2) is 7.44. The normalized spacial score (nSPS) is 36.9. The summed E-state index contributed by atoms with van der Waals surface area (Å²) in [5.41, 5.74) is 1.59. The largest absolute Gasteiger partial charge is 0.392 e. The highest BCUT2D eigenvalue weighted by atomic mass is 32.2. The van der Waals surface area contributed by atoms with Crippen LogP contribution in [0.5, 0.6) is 0 Å². The number of aliphatic hydroxyl groups is 1. The number of thioether (sulfide) groups is 1. The number of benzene rings is 1. The van der Waals surface area contributed by atoms with Gasteiger partial charge in [0.15, 0.2) is 0 Å². The molecule has 2 aliphatic rings. The molecule has 2 heteroatoms. The summed E-state index contributed by atoms with van der Waals surface area (Å²) in [6, 6.07) is 10.7. The average molecular weight is 331 g/mol. The number of aliphatic hydroxyl groups excluding tert-OH is 1. The lowest BCUT2D eigenvalue weighted by molar-refractivity contribution is 0.00522. The lowest BCUT2D eigenvalue weighted by atomic mass is 9.65. The highest BCUT2D eigenvalue weighted by Gasteiger charge is 2.44. The van der Waals surface area contributed by atoms with Gasteiger partial charge in [-0.1, -0.05) is 50.6 Å². The fourth-order valence-electron chi connectivity index (χ4n) is 4.45. The molecule has 1 nitrogen and oxygen atoms in total. The summed E-state index contributed by atoms with van der Waals surface area (Å²) in [7, 11) is 0. The fraction of sp³-hybridized carbons (Fsp3) is 0.619. The van der Waals surface area contributed by atoms with Crippen molar-refractivity contribution in [3.05, 3.63) is 42.0 Å². The Morgan fingerprint density at radius 1 is 1.13 bits per heavy atom. The first-order chi connectivity index (χ1) is 11.1. The summed E-state index contributed by atoms with van der Waals surface area (Å²) in [5.74, 6) is 2.05. The standard InChI is InChI=1S/C21H30OS/c1-14(2)18-13-12-16-9-7-8-15(3)20(22)19(18)21(16)23-17-10-5-4-6-11-17/h4-6,9-11,14-15,18-22H,7-8,12-13H2,1-3H3/b16-9-/t15-,18-,19+,20-,21+/m0/s1. The van der Waals surface area contributed by atoms with Crippen LogP contribution in [0.1, 0.15) is 46.5 Å². The third-order valence-electron chi connectivity index (χ3n) is 5.84. The van der Waals surface area contributed by atoms with Gasteiger partial charge in [0.05, 0.1) is 6.10 Å². The molecule has 0 radical (unpaired) electrons. The van der Waals surface area contributed by atoms with E-state index < -0.39 is 0 Å². The van der Waals surface area contributed by atoms with Crippen LogP contribution in [0.2, 0.25) is 0 Å². The summed E-state index contributed by atoms with van der Waals surface area (Å²) in [5, 5.41) is 11.6. The van der Waals surface area contributed by atoms with Crippen molar-refractivity contribution in [3.63, 3.8) is 0 Å². The van der Waals surface area contributed by atoms with Gasteiger partial charge < -0.3 is 5.11 Å². The summed E-state index contributed by atoms with van der Waals surface area (Å²) < 4.78 is 0. The molecule has 3 rings (SSSR count). The minimum Gasteiger partial charge on any atom is -0.392 e. The van der Waals surface area contributed by atoms with Crippen LogP contribution in [0, 0.1) is 23.7 Å². The van der Waals surface area contributed by atoms with Crippen molar-refractivity contribution < 1.29 is 5.11 Å². The van der Waals surface area contributed by atoms with Crippen molar-refractivity contribution in [3.8, 4) is 0 Å². The molecule has 0 saturated heterocycles. The Balaban J connectivity index is 1.96. The van der Waals surface area contributed by atoms with E-state index in [-0.39, 0.29) is 6.10 Å². The maximum atomic E-state index is 11.1. The molecule has 1 saturated carbocycles. The van der Waals surface area contributed by atoms with Crippen LogP contribution in [0.3, 0.4) is 0 Å². The molecule has 1 N–H and O–H groups in total. The van der Waals surface area contributed by atoms with Crippen LogP contribution in [-0.2, 0) is 0 Å². The third-order valence-corrected chi connectivity index (χ3v) is 7.26. The highest BCUT2D eigenvalue weighted by Crippen LogP contribution is 2.49. The molecule has 5 atom stereocenters. The minimum atomic E-state index is -0.174. The molecule has 2 aliphatic carbocycles. The quantitative estimate of drug-likeness (QED) is 0.734. The average Bonchev–Trinajstić information content (AvgIpc) is 2.55. The fourth-order valence-corrected chi connectivity index (χ4v) is 5.94. The maximum absolute atomic E-state index is 11.1. The van der Waals surface area contributed by atoms with Gasteiger partial charge >= 0.3 is 0 Å². The van der Waals surface area contributed by atoms with Gasteiger partial charge in [0.2, 0.25) is 0 Å². The van der Waals surface area contributed by atoms with Gasteiger partial charge in [-0.25, -0.2) is 0 Å². The van der Waals surface area contributed by atoms with E-state index >= 15 is 0 Å². The predicted octanol–water partition coefficient (Wildman–Crippen LogP) is 5.55. The Labute approximate surface area is 145 Å². The first kappa shape index (κ1) is 17.1. The van der Waals surface area contributed by atoms with Crippen molar-refractivity contribution in [1.29, 1.82) is 0 Å². The Morgan fingerprint density at radius 3 is 2.57 bits per heavy atom. The van der Waals surface area contributed by atoms with Crippen molar-refractivity contribution in [2.45, 2.75) is 62.7 Å². The van der Waals surface area contributed by atoms with Gasteiger partial charge in [-0.3, -0.25) is 0 Å². The van der Waals surface area contributed by atoms with E-state index in [0.29, 0.717) is 28.9 Å². The van der Waals surface area contributed by atoms with Crippen LogP contribution in [0.25, 0.3) is 0 Å². The van der Waals surface area contributed by atoms with Gasteiger partial charge in [-0.2, -0.15) is 0 Å². The molecule has 1 aromatic rings. The number of allylic oxidation sites excluding steroid dienone is 1. The van der Waals surface area contributed by atoms with Gasteiger partial charge in [0.1, 0.15) is 0 Å². The minimum absolute atomic E-state index is 0.174. The van der Waals surface area contributed by atoms with Crippen molar-refractivity contribution in [2.24, 2.45) is 23.7 Å². The predicted molar refractivity (Wildman–Crippen MR) is 99.6 cm³/mol. The Morgan fingerprint density at radius 2 is 1.87 bits per heavy atom. The summed E-state index contributed by atoms with van der Waals surface area (Å²) >= 11 is 1.98. The van der Waals surface area contributed by atoms with E-state index in [4.69, 9.17) is 0 Å². The van der Waals surface area contributed by atoms with Crippen LogP contribution in [0.15, 0.2) is 46.9 Å². The number of hydrogen-bond donors (Lipinski definition) is 1. The van der Waals surface area contributed by atoms with Crippen LogP contribution in [0.4, 0.5) is 0 Å². The first-order valence-corrected chi connectivity index (χ1v) is 10.0. The molecule has 2 bridgehead atoms. The monoisotopic (exact) mass is 330 g/mol. The zero-order valence-corrected chi connectivity index (χ0v) is 15.4. The van der Waals surface area contributed by atoms with E-state index in [9.17, 15) is 5.11 Å². The molecule has 0 heterocycles. The molecular weight excluding hydrogens is 300 g/mol. The van der Waals surface area contributed by atoms with Gasteiger partial charge in [-0.05, 0) is 55.6 Å². The lowest BCUT2D eigenvalue weighted by Crippen LogP contribution is -2.45. The second-order valence-electron chi connectivity index (χ2n) is 7.70. The van der Waals surface area contributed by atoms with Gasteiger partial charge in [0, 0.05) is 16.1 Å². The van der Waals surface area contributed by atoms with Gasteiger partial charge in [0.25, 0.3) is 0 Å². The zero-order chi connectivity index (χ0) is 16.4. The van der Waals surface area contributed by atoms with Crippen LogP contribution in [-0.4, -0.2) is 16.5 Å². The zero-order valence-electron chi connectivity index (χ0n) is 14.6. The Hall–Kier alpha value is -0.730. The molecule has 126 valence electrons. The molecule has 0 spiro atoms. The summed E-state index contributed by atoms with van der Waals surface area (Å²) in [6.07, 6.45) is 7.02. The highest BCUT2D eigenvalue weighted by molar-refractivity contribution is 8.00. The molecule has 1 fully saturated rings. The molecule has 23 heavy (non-hydrogen) atoms. The number of fused-ring (bicyclic) bond motifs is 2. The Kier molecular flexibility index (Phi) is 5.53. The van der Waals surface area contributed by atoms with Crippen molar-refractivity contribution in [2.75, 3.05) is 0 Å². The second-order valence-corrected chi connectivity index (χ2v) is 8.91. The summed E-state index contributed by atoms with van der Waals surface area (Å²) in [6.45, 7) is 6.90. The number of rotatable bonds is 3. The van der Waals surface area contributed by atoms with Crippen molar-refractivity contribution in [1.82, 2.24) is 0 Å². The SMILES string of the molecule is CC(C)[C@@H]1CC/C2=C/CC[C@H](C)[C@H](O)[C@@H]1[C@@H]2Sc1ccccc1. The first-order valence-electron chi connectivity index (χ1n) is 9.16. The van der Waals surface area contributed by atoms with E-state index in [2.05, 4.69) is 57.2 Å². The molecule has 1 aromatic carbocycles. The maximum Gasteiger partial charge on any atom is 0.0610 e. The van der Waals surface area contributed by atoms with Crippen molar-refractivity contribution >= 4 is 11.8 Å². The molecule has 0 unspecified atom stereocenters. The summed E-state index contributed by atoms with van der Waals surface area (Å²) in [4.78, 5) is 1.33. The number of hydrogen-bond acceptors (Lipinski definition) is 2. The van der Waals surface area contributed by atoms with E-state index in [0.717, 1.165) is 12.8 Å². The Bertz CT molecular complexity index is 536. The lowest BCUT2D eigenvalue weighted by Gasteiger charge is -2.46. The molecular formula is C21H30OS. The van der Waals surface area contributed by atoms with E-state index in [1.165, 1.54) is 17.7 Å². The molecule has 0 amide bonds. The smallest absolute Gasteiger partial charge is 0.0610 e. The molecule has 0 aromatic heterocycles. The van der Waals surface area contributed by atoms with Crippen LogP contribution < -0.4 is 0 Å². The van der Waals surface area contributed by atoms with Crippen LogP contribution >= 0.6 is 11.8 Å². The topological polar surface area (TPSA) is 20.2 Å². The van der Waals surface area contributed by atoms with E-state index in [1.54, 1.807) is 5.57 Å². The molecule has 0 aliphatic heterocycles.